The number of carbonyl (C=O) groups excluding carboxylic acids is 2. The van der Waals surface area contributed by atoms with E-state index in [1.54, 1.807) is 20.8 Å². The molecule has 23 heavy (non-hydrogen) atoms. The lowest BCUT2D eigenvalue weighted by Crippen LogP contribution is -2.27. The van der Waals surface area contributed by atoms with Crippen LogP contribution < -0.4 is 10.1 Å². The summed E-state index contributed by atoms with van der Waals surface area (Å²) in [5.74, 6) is -1.60. The van der Waals surface area contributed by atoms with Crippen LogP contribution in [0.4, 0.5) is 23.7 Å². The van der Waals surface area contributed by atoms with Crippen molar-refractivity contribution >= 4 is 17.7 Å². The van der Waals surface area contributed by atoms with Gasteiger partial charge >= 0.3 is 18.2 Å². The number of ether oxygens (including phenoxy) is 2. The molecule has 0 fully saturated rings. The average Bonchev–Trinajstić information content (AvgIpc) is 2.36. The Labute approximate surface area is 131 Å². The smallest absolute Gasteiger partial charge is 0.420 e. The van der Waals surface area contributed by atoms with Crippen LogP contribution in [-0.4, -0.2) is 17.7 Å². The van der Waals surface area contributed by atoms with Crippen LogP contribution in [0.5, 0.6) is 5.75 Å². The Bertz CT molecular complexity index is 591. The van der Waals surface area contributed by atoms with Gasteiger partial charge in [-0.1, -0.05) is 13.0 Å². The van der Waals surface area contributed by atoms with Gasteiger partial charge in [-0.15, -0.1) is 0 Å². The van der Waals surface area contributed by atoms with Gasteiger partial charge in [-0.3, -0.25) is 10.1 Å². The van der Waals surface area contributed by atoms with Gasteiger partial charge in [0.25, 0.3) is 0 Å². The second-order valence-electron chi connectivity index (χ2n) is 5.63. The second-order valence-corrected chi connectivity index (χ2v) is 5.63. The van der Waals surface area contributed by atoms with Gasteiger partial charge in [-0.25, -0.2) is 4.79 Å². The monoisotopic (exact) mass is 333 g/mol. The van der Waals surface area contributed by atoms with Crippen LogP contribution in [0, 0.1) is 0 Å². The molecule has 0 atom stereocenters. The molecule has 0 saturated heterocycles. The Balaban J connectivity index is 3.20. The summed E-state index contributed by atoms with van der Waals surface area (Å²) in [5.41, 5.74) is -2.28. The Morgan fingerprint density at radius 1 is 1.17 bits per heavy atom. The molecule has 1 rings (SSSR count). The van der Waals surface area contributed by atoms with E-state index in [4.69, 9.17) is 9.47 Å². The number of nitrogens with one attached hydrogen (secondary N) is 1. The number of hydrogen-bond donors (Lipinski definition) is 1. The van der Waals surface area contributed by atoms with E-state index in [9.17, 15) is 22.8 Å². The molecule has 0 aliphatic heterocycles. The zero-order valence-corrected chi connectivity index (χ0v) is 13.2. The number of esters is 1. The quantitative estimate of drug-likeness (QED) is 0.659. The standard InChI is InChI=1S/C15H18F3NO4/c1-5-11(20)22-12-9(15(16,17)18)7-6-8-10(12)19-13(21)23-14(2,3)4/h6-8H,5H2,1-4H3,(H,19,21). The first-order valence-corrected chi connectivity index (χ1v) is 6.85. The van der Waals surface area contributed by atoms with Crippen LogP contribution in [0.2, 0.25) is 0 Å². The maximum Gasteiger partial charge on any atom is 0.420 e. The number of hydrogen-bond acceptors (Lipinski definition) is 4. The van der Waals surface area contributed by atoms with Crippen molar-refractivity contribution in [1.29, 1.82) is 0 Å². The first kappa shape index (κ1) is 18.8. The van der Waals surface area contributed by atoms with Gasteiger partial charge in [0.15, 0.2) is 5.75 Å². The Kier molecular flexibility index (Phi) is 5.63. The van der Waals surface area contributed by atoms with E-state index in [1.165, 1.54) is 13.0 Å². The van der Waals surface area contributed by atoms with Crippen LogP contribution in [0.1, 0.15) is 39.7 Å². The molecule has 0 spiro atoms. The summed E-state index contributed by atoms with van der Waals surface area (Å²) in [5, 5.41) is 2.17. The molecular formula is C15H18F3NO4. The molecule has 0 saturated carbocycles. The minimum absolute atomic E-state index is 0.113. The molecule has 1 amide bonds. The minimum atomic E-state index is -4.74. The molecule has 0 aliphatic carbocycles. The van der Waals surface area contributed by atoms with E-state index in [2.05, 4.69) is 5.32 Å². The summed E-state index contributed by atoms with van der Waals surface area (Å²) in [4.78, 5) is 23.1. The topological polar surface area (TPSA) is 64.6 Å². The average molecular weight is 333 g/mol. The molecule has 0 unspecified atom stereocenters. The van der Waals surface area contributed by atoms with Gasteiger partial charge in [0.1, 0.15) is 11.2 Å². The van der Waals surface area contributed by atoms with Gasteiger partial charge in [0.2, 0.25) is 0 Å². The number of benzene rings is 1. The van der Waals surface area contributed by atoms with Gasteiger partial charge < -0.3 is 9.47 Å². The number of amides is 1. The molecule has 0 bridgehead atoms. The highest BCUT2D eigenvalue weighted by Gasteiger charge is 2.36. The van der Waals surface area contributed by atoms with Crippen molar-refractivity contribution in [3.05, 3.63) is 23.8 Å². The fourth-order valence-electron chi connectivity index (χ4n) is 1.57. The predicted molar refractivity (Wildman–Crippen MR) is 77.2 cm³/mol. The van der Waals surface area contributed by atoms with Crippen molar-refractivity contribution in [2.24, 2.45) is 0 Å². The zero-order chi connectivity index (χ0) is 17.8. The molecule has 1 aromatic rings. The molecule has 0 heterocycles. The Morgan fingerprint density at radius 2 is 1.78 bits per heavy atom. The first-order chi connectivity index (χ1) is 10.4. The molecule has 0 aromatic heterocycles. The van der Waals surface area contributed by atoms with E-state index < -0.39 is 35.2 Å². The number of anilines is 1. The summed E-state index contributed by atoms with van der Waals surface area (Å²) in [7, 11) is 0. The second kappa shape index (κ2) is 6.89. The molecule has 1 N–H and O–H groups in total. The van der Waals surface area contributed by atoms with Crippen LogP contribution in [-0.2, 0) is 15.7 Å². The summed E-state index contributed by atoms with van der Waals surface area (Å²) in [6.07, 6.45) is -5.81. The summed E-state index contributed by atoms with van der Waals surface area (Å²) < 4.78 is 48.9. The van der Waals surface area contributed by atoms with E-state index in [1.807, 2.05) is 0 Å². The van der Waals surface area contributed by atoms with Gasteiger partial charge in [-0.2, -0.15) is 13.2 Å². The van der Waals surface area contributed by atoms with Crippen molar-refractivity contribution in [2.45, 2.75) is 45.9 Å². The summed E-state index contributed by atoms with van der Waals surface area (Å²) in [6.45, 7) is 6.27. The molecule has 128 valence electrons. The third kappa shape index (κ3) is 5.80. The summed E-state index contributed by atoms with van der Waals surface area (Å²) in [6, 6.07) is 3.05. The lowest BCUT2D eigenvalue weighted by molar-refractivity contribution is -0.142. The fraction of sp³-hybridized carbons (Fsp3) is 0.467. The van der Waals surface area contributed by atoms with Crippen molar-refractivity contribution in [1.82, 2.24) is 0 Å². The predicted octanol–water partition coefficient (Wildman–Crippen LogP) is 4.37. The minimum Gasteiger partial charge on any atom is -0.444 e. The third-order valence-electron chi connectivity index (χ3n) is 2.46. The van der Waals surface area contributed by atoms with Crippen molar-refractivity contribution in [3.63, 3.8) is 0 Å². The molecule has 0 radical (unpaired) electrons. The number of rotatable bonds is 3. The maximum absolute atomic E-state index is 13.1. The first-order valence-electron chi connectivity index (χ1n) is 6.85. The number of alkyl halides is 3. The zero-order valence-electron chi connectivity index (χ0n) is 13.2. The Hall–Kier alpha value is -2.25. The number of carbonyl (C=O) groups is 2. The highest BCUT2D eigenvalue weighted by molar-refractivity contribution is 5.88. The van der Waals surface area contributed by atoms with Crippen molar-refractivity contribution in [2.75, 3.05) is 5.32 Å². The van der Waals surface area contributed by atoms with E-state index in [-0.39, 0.29) is 12.1 Å². The largest absolute Gasteiger partial charge is 0.444 e. The SMILES string of the molecule is CCC(=O)Oc1c(NC(=O)OC(C)(C)C)cccc1C(F)(F)F. The van der Waals surface area contributed by atoms with Gasteiger partial charge in [-0.05, 0) is 32.9 Å². The van der Waals surface area contributed by atoms with Crippen molar-refractivity contribution < 1.29 is 32.2 Å². The molecular weight excluding hydrogens is 315 g/mol. The Morgan fingerprint density at radius 3 is 2.26 bits per heavy atom. The van der Waals surface area contributed by atoms with Crippen LogP contribution in [0.3, 0.4) is 0 Å². The highest BCUT2D eigenvalue weighted by atomic mass is 19.4. The molecule has 5 nitrogen and oxygen atoms in total. The molecule has 0 aliphatic rings. The van der Waals surface area contributed by atoms with Gasteiger partial charge in [0.05, 0.1) is 5.69 Å². The highest BCUT2D eigenvalue weighted by Crippen LogP contribution is 2.40. The van der Waals surface area contributed by atoms with Crippen molar-refractivity contribution in [3.8, 4) is 5.75 Å². The van der Waals surface area contributed by atoms with E-state index >= 15 is 0 Å². The van der Waals surface area contributed by atoms with Crippen LogP contribution in [0.15, 0.2) is 18.2 Å². The van der Waals surface area contributed by atoms with Crippen LogP contribution >= 0.6 is 0 Å². The lowest BCUT2D eigenvalue weighted by atomic mass is 10.1. The fourth-order valence-corrected chi connectivity index (χ4v) is 1.57. The molecule has 8 heteroatoms. The summed E-state index contributed by atoms with van der Waals surface area (Å²) >= 11 is 0. The molecule has 1 aromatic carbocycles. The normalized spacial score (nSPS) is 11.8. The third-order valence-corrected chi connectivity index (χ3v) is 2.46. The van der Waals surface area contributed by atoms with Gasteiger partial charge in [0, 0.05) is 6.42 Å². The number of para-hydroxylation sites is 1. The van der Waals surface area contributed by atoms with E-state index in [0.29, 0.717) is 0 Å². The van der Waals surface area contributed by atoms with Crippen LogP contribution in [0.25, 0.3) is 0 Å². The lowest BCUT2D eigenvalue weighted by Gasteiger charge is -2.21. The number of halogens is 3. The maximum atomic E-state index is 13.1. The van der Waals surface area contributed by atoms with E-state index in [0.717, 1.165) is 12.1 Å².